The van der Waals surface area contributed by atoms with Gasteiger partial charge in [-0.15, -0.1) is 0 Å². The fraction of sp³-hybridized carbons (Fsp3) is 0.579. The second kappa shape index (κ2) is 5.49. The lowest BCUT2D eigenvalue weighted by Crippen LogP contribution is -2.30. The van der Waals surface area contributed by atoms with Crippen LogP contribution in [0.3, 0.4) is 0 Å². The van der Waals surface area contributed by atoms with Crippen molar-refractivity contribution in [2.75, 3.05) is 6.54 Å². The lowest BCUT2D eigenvalue weighted by Gasteiger charge is -2.30. The summed E-state index contributed by atoms with van der Waals surface area (Å²) in [5, 5.41) is 5.00. The molecule has 1 N–H and O–H groups in total. The van der Waals surface area contributed by atoms with Crippen LogP contribution >= 0.6 is 0 Å². The van der Waals surface area contributed by atoms with Crippen LogP contribution < -0.4 is 5.32 Å². The molecule has 1 heterocycles. The molecule has 2 aromatic rings. The molecule has 0 radical (unpaired) electrons. The van der Waals surface area contributed by atoms with Crippen LogP contribution in [0.5, 0.6) is 0 Å². The quantitative estimate of drug-likeness (QED) is 0.874. The van der Waals surface area contributed by atoms with Crippen molar-refractivity contribution in [2.24, 2.45) is 5.92 Å². The van der Waals surface area contributed by atoms with Gasteiger partial charge in [0, 0.05) is 17.3 Å². The first-order valence-electron chi connectivity index (χ1n) is 8.53. The van der Waals surface area contributed by atoms with Gasteiger partial charge in [0.25, 0.3) is 0 Å². The average Bonchev–Trinajstić information content (AvgIpc) is 3.23. The molecule has 2 aliphatic carbocycles. The lowest BCUT2D eigenvalue weighted by atomic mass is 9.78. The Morgan fingerprint density at radius 3 is 2.81 bits per heavy atom. The lowest BCUT2D eigenvalue weighted by molar-refractivity contribution is 0.267. The third-order valence-corrected chi connectivity index (χ3v) is 5.21. The summed E-state index contributed by atoms with van der Waals surface area (Å²) in [6.45, 7) is 3.32. The smallest absolute Gasteiger partial charge is 0.134 e. The molecule has 21 heavy (non-hydrogen) atoms. The summed E-state index contributed by atoms with van der Waals surface area (Å²) in [6.07, 6.45) is 8.12. The highest BCUT2D eigenvalue weighted by Crippen LogP contribution is 2.40. The van der Waals surface area contributed by atoms with Crippen LogP contribution in [0, 0.1) is 12.8 Å². The summed E-state index contributed by atoms with van der Waals surface area (Å²) in [6, 6.07) is 9.60. The Hall–Kier alpha value is -1.28. The summed E-state index contributed by atoms with van der Waals surface area (Å²) in [5.74, 6) is 2.58. The highest BCUT2D eigenvalue weighted by Gasteiger charge is 2.30. The Morgan fingerprint density at radius 1 is 1.10 bits per heavy atom. The second-order valence-electron chi connectivity index (χ2n) is 7.02. The number of furan rings is 1. The van der Waals surface area contributed by atoms with Crippen LogP contribution in [0.25, 0.3) is 11.0 Å². The summed E-state index contributed by atoms with van der Waals surface area (Å²) < 4.78 is 6.19. The van der Waals surface area contributed by atoms with Gasteiger partial charge in [0.05, 0.1) is 0 Å². The molecule has 1 aromatic carbocycles. The minimum atomic E-state index is 0.609. The van der Waals surface area contributed by atoms with Gasteiger partial charge in [-0.1, -0.05) is 24.5 Å². The molecule has 1 aromatic heterocycles. The molecule has 2 nitrogen and oxygen atoms in total. The van der Waals surface area contributed by atoms with Crippen LogP contribution in [-0.4, -0.2) is 12.6 Å². The third-order valence-electron chi connectivity index (χ3n) is 5.21. The molecule has 0 saturated heterocycles. The van der Waals surface area contributed by atoms with Gasteiger partial charge in [0.1, 0.15) is 11.3 Å². The van der Waals surface area contributed by atoms with E-state index in [-0.39, 0.29) is 0 Å². The van der Waals surface area contributed by atoms with Crippen molar-refractivity contribution in [1.82, 2.24) is 5.32 Å². The second-order valence-corrected chi connectivity index (χ2v) is 7.02. The molecule has 2 aliphatic rings. The van der Waals surface area contributed by atoms with Crippen LogP contribution in [0.15, 0.2) is 28.7 Å². The SMILES string of the molecule is Cc1ccc2oc(C3CCCCC3CNC3CC3)cc2c1. The first-order valence-corrected chi connectivity index (χ1v) is 8.53. The van der Waals surface area contributed by atoms with Gasteiger partial charge in [-0.25, -0.2) is 0 Å². The molecule has 0 amide bonds. The standard InChI is InChI=1S/C19H25NO/c1-13-6-9-18-15(10-13)11-19(21-18)17-5-3-2-4-14(17)12-20-16-7-8-16/h6,9-11,14,16-17,20H,2-5,7-8,12H2,1H3. The van der Waals surface area contributed by atoms with Crippen molar-refractivity contribution in [3.05, 3.63) is 35.6 Å². The minimum absolute atomic E-state index is 0.609. The predicted octanol–water partition coefficient (Wildman–Crippen LogP) is 4.77. The number of benzene rings is 1. The number of fused-ring (bicyclic) bond motifs is 1. The molecular formula is C19H25NO. The van der Waals surface area contributed by atoms with Crippen molar-refractivity contribution in [2.45, 2.75) is 57.4 Å². The third kappa shape index (κ3) is 2.87. The topological polar surface area (TPSA) is 25.2 Å². The maximum Gasteiger partial charge on any atom is 0.134 e. The number of hydrogen-bond acceptors (Lipinski definition) is 2. The van der Waals surface area contributed by atoms with E-state index in [1.165, 1.54) is 61.8 Å². The number of rotatable bonds is 4. The van der Waals surface area contributed by atoms with Gasteiger partial charge in [-0.3, -0.25) is 0 Å². The molecule has 4 rings (SSSR count). The molecule has 0 aliphatic heterocycles. The molecule has 2 unspecified atom stereocenters. The molecule has 2 fully saturated rings. The number of aryl methyl sites for hydroxylation is 1. The van der Waals surface area contributed by atoms with E-state index in [1.807, 2.05) is 0 Å². The largest absolute Gasteiger partial charge is 0.461 e. The molecule has 112 valence electrons. The highest BCUT2D eigenvalue weighted by atomic mass is 16.3. The summed E-state index contributed by atoms with van der Waals surface area (Å²) in [7, 11) is 0. The van der Waals surface area contributed by atoms with E-state index in [9.17, 15) is 0 Å². The van der Waals surface area contributed by atoms with E-state index < -0.39 is 0 Å². The highest BCUT2D eigenvalue weighted by molar-refractivity contribution is 5.78. The Labute approximate surface area is 126 Å². The molecule has 2 atom stereocenters. The Kier molecular flexibility index (Phi) is 3.50. The van der Waals surface area contributed by atoms with Crippen molar-refractivity contribution < 1.29 is 4.42 Å². The summed E-state index contributed by atoms with van der Waals surface area (Å²) in [4.78, 5) is 0. The van der Waals surface area contributed by atoms with Crippen LogP contribution in [0.4, 0.5) is 0 Å². The van der Waals surface area contributed by atoms with Crippen LogP contribution in [-0.2, 0) is 0 Å². The Balaban J connectivity index is 1.57. The normalized spacial score (nSPS) is 26.3. The molecule has 2 heteroatoms. The van der Waals surface area contributed by atoms with Crippen molar-refractivity contribution >= 4 is 11.0 Å². The molecule has 0 spiro atoms. The Bertz CT molecular complexity index is 626. The van der Waals surface area contributed by atoms with Gasteiger partial charge in [-0.2, -0.15) is 0 Å². The fourth-order valence-electron chi connectivity index (χ4n) is 3.80. The van der Waals surface area contributed by atoms with E-state index in [4.69, 9.17) is 4.42 Å². The maximum atomic E-state index is 6.19. The summed E-state index contributed by atoms with van der Waals surface area (Å²) >= 11 is 0. The molecular weight excluding hydrogens is 258 g/mol. The monoisotopic (exact) mass is 283 g/mol. The van der Waals surface area contributed by atoms with E-state index in [2.05, 4.69) is 36.5 Å². The van der Waals surface area contributed by atoms with Gasteiger partial charge in [0.2, 0.25) is 0 Å². The minimum Gasteiger partial charge on any atom is -0.461 e. The molecule has 0 bridgehead atoms. The average molecular weight is 283 g/mol. The maximum absolute atomic E-state index is 6.19. The predicted molar refractivity (Wildman–Crippen MR) is 86.7 cm³/mol. The van der Waals surface area contributed by atoms with E-state index in [1.54, 1.807) is 0 Å². The van der Waals surface area contributed by atoms with E-state index in [0.29, 0.717) is 5.92 Å². The summed E-state index contributed by atoms with van der Waals surface area (Å²) in [5.41, 5.74) is 2.36. The van der Waals surface area contributed by atoms with Crippen molar-refractivity contribution in [3.63, 3.8) is 0 Å². The van der Waals surface area contributed by atoms with Gasteiger partial charge < -0.3 is 9.73 Å². The fourth-order valence-corrected chi connectivity index (χ4v) is 3.80. The van der Waals surface area contributed by atoms with Gasteiger partial charge in [0.15, 0.2) is 0 Å². The van der Waals surface area contributed by atoms with Crippen LogP contribution in [0.1, 0.15) is 55.8 Å². The van der Waals surface area contributed by atoms with E-state index >= 15 is 0 Å². The van der Waals surface area contributed by atoms with E-state index in [0.717, 1.165) is 17.5 Å². The van der Waals surface area contributed by atoms with Crippen molar-refractivity contribution in [1.29, 1.82) is 0 Å². The first kappa shape index (κ1) is 13.4. The van der Waals surface area contributed by atoms with Crippen molar-refractivity contribution in [3.8, 4) is 0 Å². The Morgan fingerprint density at radius 2 is 1.95 bits per heavy atom. The van der Waals surface area contributed by atoms with Gasteiger partial charge in [-0.05, 0) is 63.3 Å². The number of hydrogen-bond donors (Lipinski definition) is 1. The zero-order valence-electron chi connectivity index (χ0n) is 12.9. The first-order chi connectivity index (χ1) is 10.3. The number of nitrogens with one attached hydrogen (secondary N) is 1. The van der Waals surface area contributed by atoms with Crippen LogP contribution in [0.2, 0.25) is 0 Å². The molecule has 2 saturated carbocycles. The van der Waals surface area contributed by atoms with Gasteiger partial charge >= 0.3 is 0 Å². The zero-order valence-corrected chi connectivity index (χ0v) is 12.9. The zero-order chi connectivity index (χ0) is 14.2.